The number of imidazole rings is 1. The van der Waals surface area contributed by atoms with Crippen LogP contribution in [0.1, 0.15) is 26.1 Å². The van der Waals surface area contributed by atoms with Crippen LogP contribution in [0.2, 0.25) is 0 Å². The molecule has 7 heteroatoms. The van der Waals surface area contributed by atoms with Crippen molar-refractivity contribution in [1.82, 2.24) is 9.55 Å². The molecule has 0 spiro atoms. The normalized spacial score (nSPS) is 11.5. The van der Waals surface area contributed by atoms with Crippen LogP contribution in [0.3, 0.4) is 0 Å². The zero-order chi connectivity index (χ0) is 19.2. The molecule has 3 N–H and O–H groups in total. The average Bonchev–Trinajstić information content (AvgIpc) is 2.95. The first kappa shape index (κ1) is 22.0. The van der Waals surface area contributed by atoms with Crippen LogP contribution in [-0.2, 0) is 6.54 Å². The maximum atomic E-state index is 5.99. The van der Waals surface area contributed by atoms with Crippen molar-refractivity contribution < 1.29 is 4.74 Å². The first-order valence-electron chi connectivity index (χ1n) is 9.28. The van der Waals surface area contributed by atoms with Crippen LogP contribution in [0.25, 0.3) is 11.0 Å². The monoisotopic (exact) mass is 493 g/mol. The molecule has 0 saturated heterocycles. The summed E-state index contributed by atoms with van der Waals surface area (Å²) in [5.41, 5.74) is 9.08. The second-order valence-electron chi connectivity index (χ2n) is 6.74. The van der Waals surface area contributed by atoms with Crippen molar-refractivity contribution in [2.75, 3.05) is 11.9 Å². The molecule has 0 atom stereocenters. The third-order valence-corrected chi connectivity index (χ3v) is 4.17. The largest absolute Gasteiger partial charge is 0.491 e. The average molecular weight is 493 g/mol. The fourth-order valence-electron chi connectivity index (χ4n) is 2.98. The summed E-state index contributed by atoms with van der Waals surface area (Å²) < 4.78 is 7.86. The van der Waals surface area contributed by atoms with E-state index in [-0.39, 0.29) is 30.1 Å². The molecule has 0 saturated carbocycles. The second-order valence-corrected chi connectivity index (χ2v) is 6.74. The maximum absolute atomic E-state index is 5.99. The van der Waals surface area contributed by atoms with E-state index in [0.29, 0.717) is 12.5 Å². The van der Waals surface area contributed by atoms with E-state index in [2.05, 4.69) is 25.9 Å². The molecule has 0 amide bonds. The van der Waals surface area contributed by atoms with E-state index < -0.39 is 0 Å². The zero-order valence-electron chi connectivity index (χ0n) is 16.6. The fraction of sp³-hybridized carbons (Fsp3) is 0.333. The molecule has 2 aromatic carbocycles. The van der Waals surface area contributed by atoms with Gasteiger partial charge in [0.2, 0.25) is 0 Å². The predicted octanol–water partition coefficient (Wildman–Crippen LogP) is 4.57. The fourth-order valence-corrected chi connectivity index (χ4v) is 2.98. The summed E-state index contributed by atoms with van der Waals surface area (Å²) in [6.07, 6.45) is 1.05. The van der Waals surface area contributed by atoms with Gasteiger partial charge >= 0.3 is 0 Å². The molecule has 150 valence electrons. The molecule has 6 nitrogen and oxygen atoms in total. The number of rotatable bonds is 7. The number of fused-ring (bicyclic) bond motifs is 1. The van der Waals surface area contributed by atoms with E-state index in [0.717, 1.165) is 41.3 Å². The Kier molecular flexibility index (Phi) is 8.10. The van der Waals surface area contributed by atoms with Crippen LogP contribution in [0.5, 0.6) is 5.75 Å². The van der Waals surface area contributed by atoms with Crippen molar-refractivity contribution in [3.63, 3.8) is 0 Å². The SMILES string of the molecule is Cc1nc2ccccc2n1CCCN=C(N)Nc1ccc(OC(C)C)cc1.I. The van der Waals surface area contributed by atoms with Gasteiger partial charge in [0.05, 0.1) is 17.1 Å². The van der Waals surface area contributed by atoms with Crippen LogP contribution in [0, 0.1) is 6.92 Å². The van der Waals surface area contributed by atoms with E-state index in [1.54, 1.807) is 0 Å². The van der Waals surface area contributed by atoms with E-state index in [9.17, 15) is 0 Å². The Hall–Kier alpha value is -2.29. The highest BCUT2D eigenvalue weighted by Crippen LogP contribution is 2.17. The summed E-state index contributed by atoms with van der Waals surface area (Å²) >= 11 is 0. The number of anilines is 1. The van der Waals surface area contributed by atoms with Gasteiger partial charge < -0.3 is 20.4 Å². The van der Waals surface area contributed by atoms with E-state index in [1.165, 1.54) is 0 Å². The number of guanidine groups is 1. The number of aromatic nitrogens is 2. The Morgan fingerprint density at radius 2 is 1.89 bits per heavy atom. The molecular formula is C21H28IN5O. The van der Waals surface area contributed by atoms with Crippen molar-refractivity contribution in [2.24, 2.45) is 10.7 Å². The molecule has 1 aromatic heterocycles. The number of hydrogen-bond donors (Lipinski definition) is 2. The molecule has 3 rings (SSSR count). The second kappa shape index (κ2) is 10.3. The summed E-state index contributed by atoms with van der Waals surface area (Å²) in [5.74, 6) is 2.28. The van der Waals surface area contributed by atoms with Crippen molar-refractivity contribution in [2.45, 2.75) is 39.8 Å². The van der Waals surface area contributed by atoms with Gasteiger partial charge in [0.1, 0.15) is 11.6 Å². The summed E-state index contributed by atoms with van der Waals surface area (Å²) in [4.78, 5) is 9.01. The molecule has 1 heterocycles. The topological polar surface area (TPSA) is 77.5 Å². The van der Waals surface area contributed by atoms with Crippen molar-refractivity contribution in [1.29, 1.82) is 0 Å². The molecule has 0 radical (unpaired) electrons. The highest BCUT2D eigenvalue weighted by atomic mass is 127. The number of nitrogens with two attached hydrogens (primary N) is 1. The number of nitrogens with one attached hydrogen (secondary N) is 1. The van der Waals surface area contributed by atoms with E-state index in [4.69, 9.17) is 10.5 Å². The van der Waals surface area contributed by atoms with Gasteiger partial charge in [0, 0.05) is 18.8 Å². The third-order valence-electron chi connectivity index (χ3n) is 4.17. The minimum atomic E-state index is 0. The standard InChI is InChI=1S/C21H27N5O.HI/c1-15(2)27-18-11-9-17(10-12-18)25-21(22)23-13-6-14-26-16(3)24-19-7-4-5-8-20(19)26;/h4-5,7-12,15H,6,13-14H2,1-3H3,(H3,22,23,25);1H. The van der Waals surface area contributed by atoms with Gasteiger partial charge in [-0.1, -0.05) is 12.1 Å². The summed E-state index contributed by atoms with van der Waals surface area (Å²) in [5, 5.41) is 3.11. The minimum absolute atomic E-state index is 0. The van der Waals surface area contributed by atoms with Gasteiger partial charge in [-0.05, 0) is 63.6 Å². The van der Waals surface area contributed by atoms with Crippen LogP contribution in [0.15, 0.2) is 53.5 Å². The molecule has 28 heavy (non-hydrogen) atoms. The Balaban J connectivity index is 0.00000280. The van der Waals surface area contributed by atoms with E-state index >= 15 is 0 Å². The van der Waals surface area contributed by atoms with Crippen LogP contribution < -0.4 is 15.8 Å². The van der Waals surface area contributed by atoms with Gasteiger partial charge in [-0.3, -0.25) is 4.99 Å². The quantitative estimate of drug-likeness (QED) is 0.219. The first-order chi connectivity index (χ1) is 13.0. The Labute approximate surface area is 183 Å². The minimum Gasteiger partial charge on any atom is -0.491 e. The van der Waals surface area contributed by atoms with E-state index in [1.807, 2.05) is 63.2 Å². The Morgan fingerprint density at radius 1 is 1.18 bits per heavy atom. The lowest BCUT2D eigenvalue weighted by molar-refractivity contribution is 0.242. The lowest BCUT2D eigenvalue weighted by atomic mass is 10.3. The Morgan fingerprint density at radius 3 is 2.61 bits per heavy atom. The van der Waals surface area contributed by atoms with Crippen molar-refractivity contribution in [3.05, 3.63) is 54.4 Å². The number of hydrogen-bond acceptors (Lipinski definition) is 3. The number of aryl methyl sites for hydroxylation is 2. The van der Waals surface area contributed by atoms with Crippen LogP contribution in [-0.4, -0.2) is 28.2 Å². The smallest absolute Gasteiger partial charge is 0.193 e. The molecule has 0 aliphatic rings. The number of nitrogens with zero attached hydrogens (tertiary/aromatic N) is 3. The molecule has 0 bridgehead atoms. The lowest BCUT2D eigenvalue weighted by Crippen LogP contribution is -2.23. The Bertz CT molecular complexity index is 918. The number of ether oxygens (including phenoxy) is 1. The molecule has 0 fully saturated rings. The van der Waals surface area contributed by atoms with Crippen molar-refractivity contribution in [3.8, 4) is 5.75 Å². The third kappa shape index (κ3) is 5.85. The highest BCUT2D eigenvalue weighted by molar-refractivity contribution is 14.0. The van der Waals surface area contributed by atoms with Gasteiger partial charge in [-0.25, -0.2) is 4.98 Å². The summed E-state index contributed by atoms with van der Waals surface area (Å²) in [7, 11) is 0. The molecule has 3 aromatic rings. The van der Waals surface area contributed by atoms with Gasteiger partial charge in [0.25, 0.3) is 0 Å². The van der Waals surface area contributed by atoms with Crippen LogP contribution >= 0.6 is 24.0 Å². The van der Waals surface area contributed by atoms with Gasteiger partial charge in [-0.2, -0.15) is 0 Å². The van der Waals surface area contributed by atoms with Gasteiger partial charge in [-0.15, -0.1) is 24.0 Å². The van der Waals surface area contributed by atoms with Gasteiger partial charge in [0.15, 0.2) is 5.96 Å². The summed E-state index contributed by atoms with van der Waals surface area (Å²) in [6.45, 7) is 7.56. The number of para-hydroxylation sites is 2. The first-order valence-corrected chi connectivity index (χ1v) is 9.28. The van der Waals surface area contributed by atoms with Crippen LogP contribution in [0.4, 0.5) is 5.69 Å². The lowest BCUT2D eigenvalue weighted by Gasteiger charge is -2.11. The number of aliphatic imine (C=N–C) groups is 1. The number of halogens is 1. The zero-order valence-corrected chi connectivity index (χ0v) is 18.9. The summed E-state index contributed by atoms with van der Waals surface area (Å²) in [6, 6.07) is 15.9. The highest BCUT2D eigenvalue weighted by Gasteiger charge is 2.05. The van der Waals surface area contributed by atoms with Crippen molar-refractivity contribution >= 4 is 46.7 Å². The number of benzene rings is 2. The molecule has 0 unspecified atom stereocenters. The maximum Gasteiger partial charge on any atom is 0.193 e. The predicted molar refractivity (Wildman–Crippen MR) is 127 cm³/mol. The molecule has 0 aliphatic heterocycles. The molecule has 0 aliphatic carbocycles. The molecular weight excluding hydrogens is 465 g/mol.